The first-order valence-electron chi connectivity index (χ1n) is 3.99. The van der Waals surface area contributed by atoms with Gasteiger partial charge in [0.05, 0.1) is 11.8 Å². The Balaban J connectivity index is 2.55. The lowest BCUT2D eigenvalue weighted by Gasteiger charge is -2.11. The van der Waals surface area contributed by atoms with Crippen LogP contribution in [0.25, 0.3) is 0 Å². The summed E-state index contributed by atoms with van der Waals surface area (Å²) in [4.78, 5) is 0. The summed E-state index contributed by atoms with van der Waals surface area (Å²) in [5.74, 6) is 0. The van der Waals surface area contributed by atoms with Crippen molar-refractivity contribution in [3.05, 3.63) is 0 Å². The van der Waals surface area contributed by atoms with Crippen LogP contribution in [-0.4, -0.2) is 22.2 Å². The lowest BCUT2D eigenvalue weighted by molar-refractivity contribution is 0.144. The van der Waals surface area contributed by atoms with E-state index >= 15 is 0 Å². The molecule has 0 amide bonds. The maximum Gasteiger partial charge on any atom is 0.0763 e. The molecule has 0 aromatic heterocycles. The number of oxime groups is 1. The monoisotopic (exact) mass is 158 g/mol. The van der Waals surface area contributed by atoms with Crippen molar-refractivity contribution in [3.63, 3.8) is 0 Å². The highest BCUT2D eigenvalue weighted by Gasteiger charge is 2.17. The van der Waals surface area contributed by atoms with E-state index in [0.29, 0.717) is 5.71 Å². The van der Waals surface area contributed by atoms with Gasteiger partial charge in [-0.15, -0.1) is 0 Å². The van der Waals surface area contributed by atoms with Crippen LogP contribution < -0.4 is 5.48 Å². The number of rotatable bonds is 1. The fourth-order valence-corrected chi connectivity index (χ4v) is 1.43. The third kappa shape index (κ3) is 2.17. The molecule has 4 heteroatoms. The van der Waals surface area contributed by atoms with E-state index < -0.39 is 0 Å². The van der Waals surface area contributed by atoms with Crippen molar-refractivity contribution in [3.8, 4) is 0 Å². The number of hydroxylamine groups is 1. The summed E-state index contributed by atoms with van der Waals surface area (Å²) in [7, 11) is 0. The smallest absolute Gasteiger partial charge is 0.0763 e. The molecule has 1 aliphatic carbocycles. The first kappa shape index (κ1) is 8.49. The van der Waals surface area contributed by atoms with Crippen molar-refractivity contribution in [2.24, 2.45) is 5.16 Å². The molecule has 0 aromatic carbocycles. The molecular weight excluding hydrogens is 144 g/mol. The van der Waals surface area contributed by atoms with Crippen LogP contribution in [0.5, 0.6) is 0 Å². The van der Waals surface area contributed by atoms with Gasteiger partial charge in [0.15, 0.2) is 0 Å². The van der Waals surface area contributed by atoms with E-state index in [1.165, 1.54) is 0 Å². The summed E-state index contributed by atoms with van der Waals surface area (Å²) in [6.45, 7) is 0. The zero-order valence-corrected chi connectivity index (χ0v) is 6.45. The molecule has 1 saturated carbocycles. The summed E-state index contributed by atoms with van der Waals surface area (Å²) in [6, 6.07) is -0.137. The first-order valence-corrected chi connectivity index (χ1v) is 3.99. The molecule has 0 saturated heterocycles. The molecule has 1 atom stereocenters. The fourth-order valence-electron chi connectivity index (χ4n) is 1.43. The lowest BCUT2D eigenvalue weighted by atomic mass is 10.1. The van der Waals surface area contributed by atoms with Crippen molar-refractivity contribution in [2.45, 2.75) is 38.1 Å². The maximum atomic E-state index is 8.68. The normalized spacial score (nSPS) is 30.3. The molecule has 0 aromatic rings. The minimum Gasteiger partial charge on any atom is -0.411 e. The van der Waals surface area contributed by atoms with Crippen LogP contribution in [0.4, 0.5) is 0 Å². The molecular formula is C7H14N2O2. The van der Waals surface area contributed by atoms with E-state index in [2.05, 4.69) is 10.6 Å². The van der Waals surface area contributed by atoms with Crippen LogP contribution in [-0.2, 0) is 0 Å². The van der Waals surface area contributed by atoms with Crippen LogP contribution in [0.15, 0.2) is 5.16 Å². The number of nitrogens with zero attached hydrogens (tertiary/aromatic N) is 1. The highest BCUT2D eigenvalue weighted by molar-refractivity contribution is 5.89. The van der Waals surface area contributed by atoms with E-state index in [-0.39, 0.29) is 6.04 Å². The summed E-state index contributed by atoms with van der Waals surface area (Å²) in [5, 5.41) is 20.4. The molecule has 3 N–H and O–H groups in total. The van der Waals surface area contributed by atoms with Gasteiger partial charge >= 0.3 is 0 Å². The van der Waals surface area contributed by atoms with Gasteiger partial charge in [-0.1, -0.05) is 18.0 Å². The van der Waals surface area contributed by atoms with Crippen molar-refractivity contribution >= 4 is 5.71 Å². The SMILES string of the molecule is ON=C1CCCCCC1NO. The van der Waals surface area contributed by atoms with E-state index in [9.17, 15) is 0 Å². The van der Waals surface area contributed by atoms with Gasteiger partial charge in [0.25, 0.3) is 0 Å². The van der Waals surface area contributed by atoms with Gasteiger partial charge in [0.2, 0.25) is 0 Å². The van der Waals surface area contributed by atoms with Gasteiger partial charge in [-0.2, -0.15) is 5.48 Å². The fraction of sp³-hybridized carbons (Fsp3) is 0.857. The zero-order valence-electron chi connectivity index (χ0n) is 6.45. The zero-order chi connectivity index (χ0) is 8.10. The summed E-state index contributed by atoms with van der Waals surface area (Å²) in [5.41, 5.74) is 2.83. The number of hydrogen-bond donors (Lipinski definition) is 3. The van der Waals surface area contributed by atoms with Crippen molar-refractivity contribution in [1.29, 1.82) is 0 Å². The average Bonchev–Trinajstić information content (AvgIpc) is 2.27. The molecule has 11 heavy (non-hydrogen) atoms. The molecule has 0 radical (unpaired) electrons. The van der Waals surface area contributed by atoms with Crippen LogP contribution in [0, 0.1) is 0 Å². The van der Waals surface area contributed by atoms with Gasteiger partial charge in [0.1, 0.15) is 0 Å². The quantitative estimate of drug-likeness (QED) is 0.304. The van der Waals surface area contributed by atoms with Gasteiger partial charge in [-0.05, 0) is 19.3 Å². The summed E-state index contributed by atoms with van der Waals surface area (Å²) < 4.78 is 0. The van der Waals surface area contributed by atoms with E-state index in [0.717, 1.165) is 32.1 Å². The van der Waals surface area contributed by atoms with Gasteiger partial charge in [-0.25, -0.2) is 0 Å². The Labute approximate surface area is 65.9 Å². The van der Waals surface area contributed by atoms with Crippen LogP contribution in [0.1, 0.15) is 32.1 Å². The largest absolute Gasteiger partial charge is 0.411 e. The molecule has 0 bridgehead atoms. The Morgan fingerprint density at radius 1 is 1.36 bits per heavy atom. The average molecular weight is 158 g/mol. The van der Waals surface area contributed by atoms with Crippen LogP contribution in [0.3, 0.4) is 0 Å². The molecule has 4 nitrogen and oxygen atoms in total. The van der Waals surface area contributed by atoms with Crippen LogP contribution in [0.2, 0.25) is 0 Å². The Hall–Kier alpha value is -0.610. The summed E-state index contributed by atoms with van der Waals surface area (Å²) in [6.07, 6.45) is 4.93. The number of nitrogens with one attached hydrogen (secondary N) is 1. The molecule has 64 valence electrons. The van der Waals surface area contributed by atoms with Crippen molar-refractivity contribution in [2.75, 3.05) is 0 Å². The van der Waals surface area contributed by atoms with E-state index in [4.69, 9.17) is 10.4 Å². The van der Waals surface area contributed by atoms with Crippen LogP contribution >= 0.6 is 0 Å². The molecule has 1 rings (SSSR count). The predicted molar refractivity (Wildman–Crippen MR) is 41.0 cm³/mol. The Bertz CT molecular complexity index is 147. The second kappa shape index (κ2) is 4.31. The van der Waals surface area contributed by atoms with Gasteiger partial charge < -0.3 is 10.4 Å². The summed E-state index contributed by atoms with van der Waals surface area (Å²) >= 11 is 0. The Morgan fingerprint density at radius 3 is 2.82 bits per heavy atom. The highest BCUT2D eigenvalue weighted by Crippen LogP contribution is 2.15. The lowest BCUT2D eigenvalue weighted by Crippen LogP contribution is -2.33. The van der Waals surface area contributed by atoms with Crippen molar-refractivity contribution < 1.29 is 10.4 Å². The Kier molecular flexibility index (Phi) is 3.32. The van der Waals surface area contributed by atoms with E-state index in [1.54, 1.807) is 0 Å². The first-order chi connectivity index (χ1) is 5.38. The predicted octanol–water partition coefficient (Wildman–Crippen LogP) is 1.13. The molecule has 1 aliphatic rings. The molecule has 0 spiro atoms. The molecule has 1 unspecified atom stereocenters. The second-order valence-electron chi connectivity index (χ2n) is 2.87. The van der Waals surface area contributed by atoms with Crippen molar-refractivity contribution in [1.82, 2.24) is 5.48 Å². The molecule has 0 heterocycles. The Morgan fingerprint density at radius 2 is 2.18 bits per heavy atom. The third-order valence-electron chi connectivity index (χ3n) is 2.11. The topological polar surface area (TPSA) is 64.9 Å². The number of hydrogen-bond acceptors (Lipinski definition) is 4. The molecule has 0 aliphatic heterocycles. The van der Waals surface area contributed by atoms with E-state index in [1.807, 2.05) is 0 Å². The minimum atomic E-state index is -0.137. The van der Waals surface area contributed by atoms with Gasteiger partial charge in [-0.3, -0.25) is 0 Å². The second-order valence-corrected chi connectivity index (χ2v) is 2.87. The standard InChI is InChI=1S/C7H14N2O2/c10-8-6-4-2-1-3-5-7(6)9-11/h6,8,10-11H,1-5H2. The highest BCUT2D eigenvalue weighted by atomic mass is 16.5. The van der Waals surface area contributed by atoms with Gasteiger partial charge in [0, 0.05) is 0 Å². The maximum absolute atomic E-state index is 8.68. The third-order valence-corrected chi connectivity index (χ3v) is 2.11. The molecule has 1 fully saturated rings. The minimum absolute atomic E-state index is 0.137.